The van der Waals surface area contributed by atoms with Crippen molar-refractivity contribution in [2.45, 2.75) is 77.1 Å². The van der Waals surface area contributed by atoms with Crippen molar-refractivity contribution in [1.82, 2.24) is 10.6 Å². The number of ether oxygens (including phenoxy) is 1. The standard InChI is InChI=1S/C14H28N2O2/c1-5-11(6-2)16-14(17)10(3)15-12-7-8-13(9-12)18-4/h10-13,15H,5-9H2,1-4H3,(H,16,17). The van der Waals surface area contributed by atoms with Gasteiger partial charge >= 0.3 is 0 Å². The number of nitrogens with one attached hydrogen (secondary N) is 2. The normalized spacial score (nSPS) is 25.4. The predicted octanol–water partition coefficient (Wildman–Crippen LogP) is 1.84. The van der Waals surface area contributed by atoms with Crippen molar-refractivity contribution < 1.29 is 9.53 Å². The summed E-state index contributed by atoms with van der Waals surface area (Å²) in [6, 6.07) is 0.598. The molecule has 0 aromatic rings. The van der Waals surface area contributed by atoms with Crippen LogP contribution in [0.1, 0.15) is 52.9 Å². The molecule has 0 bridgehead atoms. The van der Waals surface area contributed by atoms with Gasteiger partial charge in [0, 0.05) is 19.2 Å². The van der Waals surface area contributed by atoms with Crippen LogP contribution in [0.4, 0.5) is 0 Å². The first-order valence-electron chi connectivity index (χ1n) is 7.19. The molecule has 18 heavy (non-hydrogen) atoms. The van der Waals surface area contributed by atoms with Gasteiger partial charge in [0.1, 0.15) is 0 Å². The van der Waals surface area contributed by atoms with Gasteiger partial charge in [-0.15, -0.1) is 0 Å². The number of carbonyl (C=O) groups excluding carboxylic acids is 1. The monoisotopic (exact) mass is 256 g/mol. The van der Waals surface area contributed by atoms with Crippen molar-refractivity contribution in [2.75, 3.05) is 7.11 Å². The van der Waals surface area contributed by atoms with E-state index in [1.165, 1.54) is 0 Å². The van der Waals surface area contributed by atoms with Gasteiger partial charge in [-0.25, -0.2) is 0 Å². The Hall–Kier alpha value is -0.610. The Morgan fingerprint density at radius 2 is 2.00 bits per heavy atom. The molecule has 1 rings (SSSR count). The second-order valence-corrected chi connectivity index (χ2v) is 5.28. The van der Waals surface area contributed by atoms with Crippen molar-refractivity contribution in [3.8, 4) is 0 Å². The number of hydrogen-bond acceptors (Lipinski definition) is 3. The maximum atomic E-state index is 12.0. The van der Waals surface area contributed by atoms with Crippen LogP contribution in [0.15, 0.2) is 0 Å². The lowest BCUT2D eigenvalue weighted by atomic mass is 10.1. The number of hydrogen-bond donors (Lipinski definition) is 2. The highest BCUT2D eigenvalue weighted by Crippen LogP contribution is 2.21. The van der Waals surface area contributed by atoms with Crippen molar-refractivity contribution in [1.29, 1.82) is 0 Å². The number of amides is 1. The van der Waals surface area contributed by atoms with Crippen LogP contribution >= 0.6 is 0 Å². The molecular formula is C14H28N2O2. The Morgan fingerprint density at radius 3 is 2.50 bits per heavy atom. The van der Waals surface area contributed by atoms with Gasteiger partial charge in [0.15, 0.2) is 0 Å². The summed E-state index contributed by atoms with van der Waals surface area (Å²) >= 11 is 0. The summed E-state index contributed by atoms with van der Waals surface area (Å²) in [4.78, 5) is 12.0. The summed E-state index contributed by atoms with van der Waals surface area (Å²) in [7, 11) is 1.76. The van der Waals surface area contributed by atoms with Crippen LogP contribution in [0.3, 0.4) is 0 Å². The molecule has 0 aliphatic heterocycles. The Balaban J connectivity index is 2.31. The van der Waals surface area contributed by atoms with E-state index < -0.39 is 0 Å². The van der Waals surface area contributed by atoms with Crippen LogP contribution in [0.25, 0.3) is 0 Å². The van der Waals surface area contributed by atoms with Crippen molar-refractivity contribution in [3.63, 3.8) is 0 Å². The van der Waals surface area contributed by atoms with Gasteiger partial charge in [0.05, 0.1) is 12.1 Å². The van der Waals surface area contributed by atoms with Gasteiger partial charge in [-0.05, 0) is 39.0 Å². The Bertz CT molecular complexity index is 254. The molecule has 106 valence electrons. The molecule has 0 spiro atoms. The summed E-state index contributed by atoms with van der Waals surface area (Å²) in [6.07, 6.45) is 5.54. The topological polar surface area (TPSA) is 50.4 Å². The SMILES string of the molecule is CCC(CC)NC(=O)C(C)NC1CCC(OC)C1. The summed E-state index contributed by atoms with van der Waals surface area (Å²) in [5.41, 5.74) is 0. The molecule has 4 nitrogen and oxygen atoms in total. The van der Waals surface area contributed by atoms with E-state index in [1.807, 2.05) is 6.92 Å². The van der Waals surface area contributed by atoms with Crippen LogP contribution in [0.5, 0.6) is 0 Å². The molecule has 0 aromatic heterocycles. The van der Waals surface area contributed by atoms with Gasteiger partial charge in [-0.2, -0.15) is 0 Å². The second kappa shape index (κ2) is 7.74. The molecule has 1 aliphatic carbocycles. The molecular weight excluding hydrogens is 228 g/mol. The molecule has 2 N–H and O–H groups in total. The molecule has 1 saturated carbocycles. The van der Waals surface area contributed by atoms with E-state index in [-0.39, 0.29) is 11.9 Å². The fourth-order valence-electron chi connectivity index (χ4n) is 2.55. The smallest absolute Gasteiger partial charge is 0.237 e. The summed E-state index contributed by atoms with van der Waals surface area (Å²) in [5, 5.41) is 6.49. The van der Waals surface area contributed by atoms with E-state index in [0.717, 1.165) is 32.1 Å². The van der Waals surface area contributed by atoms with Gasteiger partial charge in [0.2, 0.25) is 5.91 Å². The average Bonchev–Trinajstić information content (AvgIpc) is 2.83. The first kappa shape index (κ1) is 15.4. The zero-order chi connectivity index (χ0) is 13.5. The quantitative estimate of drug-likeness (QED) is 0.731. The molecule has 3 unspecified atom stereocenters. The molecule has 3 atom stereocenters. The molecule has 0 radical (unpaired) electrons. The van der Waals surface area contributed by atoms with E-state index >= 15 is 0 Å². The second-order valence-electron chi connectivity index (χ2n) is 5.28. The van der Waals surface area contributed by atoms with Crippen LogP contribution in [0.2, 0.25) is 0 Å². The number of rotatable bonds is 7. The largest absolute Gasteiger partial charge is 0.381 e. The Labute approximate surface area is 111 Å². The minimum absolute atomic E-state index is 0.115. The first-order chi connectivity index (χ1) is 8.60. The fourth-order valence-corrected chi connectivity index (χ4v) is 2.55. The van der Waals surface area contributed by atoms with E-state index in [2.05, 4.69) is 24.5 Å². The lowest BCUT2D eigenvalue weighted by molar-refractivity contribution is -0.123. The lowest BCUT2D eigenvalue weighted by Gasteiger charge is -2.22. The Morgan fingerprint density at radius 1 is 1.33 bits per heavy atom. The third-order valence-electron chi connectivity index (χ3n) is 3.93. The summed E-state index contributed by atoms with van der Waals surface area (Å²) < 4.78 is 5.34. The van der Waals surface area contributed by atoms with E-state index in [9.17, 15) is 4.79 Å². The first-order valence-corrected chi connectivity index (χ1v) is 7.19. The van der Waals surface area contributed by atoms with Gasteiger partial charge in [0.25, 0.3) is 0 Å². The molecule has 4 heteroatoms. The van der Waals surface area contributed by atoms with E-state index in [4.69, 9.17) is 4.74 Å². The summed E-state index contributed by atoms with van der Waals surface area (Å²) in [6.45, 7) is 6.15. The van der Waals surface area contributed by atoms with Crippen LogP contribution in [-0.4, -0.2) is 37.2 Å². The van der Waals surface area contributed by atoms with Crippen molar-refractivity contribution >= 4 is 5.91 Å². The molecule has 0 heterocycles. The van der Waals surface area contributed by atoms with Crippen LogP contribution < -0.4 is 10.6 Å². The number of methoxy groups -OCH3 is 1. The molecule has 1 amide bonds. The zero-order valence-electron chi connectivity index (χ0n) is 12.2. The van der Waals surface area contributed by atoms with E-state index in [0.29, 0.717) is 18.2 Å². The Kier molecular flexibility index (Phi) is 6.65. The predicted molar refractivity (Wildman–Crippen MR) is 73.5 cm³/mol. The van der Waals surface area contributed by atoms with Gasteiger partial charge in [-0.3, -0.25) is 4.79 Å². The molecule has 1 fully saturated rings. The zero-order valence-corrected chi connectivity index (χ0v) is 12.2. The third kappa shape index (κ3) is 4.58. The minimum Gasteiger partial charge on any atom is -0.381 e. The van der Waals surface area contributed by atoms with Crippen LogP contribution in [0, 0.1) is 0 Å². The maximum Gasteiger partial charge on any atom is 0.237 e. The van der Waals surface area contributed by atoms with Crippen LogP contribution in [-0.2, 0) is 9.53 Å². The van der Waals surface area contributed by atoms with Crippen molar-refractivity contribution in [2.24, 2.45) is 0 Å². The lowest BCUT2D eigenvalue weighted by Crippen LogP contribution is -2.48. The average molecular weight is 256 g/mol. The molecule has 0 saturated heterocycles. The highest BCUT2D eigenvalue weighted by atomic mass is 16.5. The van der Waals surface area contributed by atoms with Gasteiger partial charge < -0.3 is 15.4 Å². The third-order valence-corrected chi connectivity index (χ3v) is 3.93. The number of carbonyl (C=O) groups is 1. The van der Waals surface area contributed by atoms with Gasteiger partial charge in [-0.1, -0.05) is 13.8 Å². The highest BCUT2D eigenvalue weighted by molar-refractivity contribution is 5.81. The van der Waals surface area contributed by atoms with Crippen molar-refractivity contribution in [3.05, 3.63) is 0 Å². The fraction of sp³-hybridized carbons (Fsp3) is 0.929. The highest BCUT2D eigenvalue weighted by Gasteiger charge is 2.27. The summed E-state index contributed by atoms with van der Waals surface area (Å²) in [5.74, 6) is 0.115. The van der Waals surface area contributed by atoms with E-state index in [1.54, 1.807) is 7.11 Å². The molecule has 0 aromatic carbocycles. The minimum atomic E-state index is -0.119. The maximum absolute atomic E-state index is 12.0. The molecule has 1 aliphatic rings.